The second-order valence-electron chi connectivity index (χ2n) is 8.39. The van der Waals surface area contributed by atoms with Crippen molar-refractivity contribution in [2.75, 3.05) is 13.7 Å². The molecule has 0 saturated carbocycles. The maximum absolute atomic E-state index is 13.8. The minimum Gasteiger partial charge on any atom is -0.493 e. The van der Waals surface area contributed by atoms with Crippen molar-refractivity contribution in [1.29, 1.82) is 0 Å². The zero-order chi connectivity index (χ0) is 26.0. The molecule has 0 spiro atoms. The number of rotatable bonds is 7. The predicted octanol–water partition coefficient (Wildman–Crippen LogP) is 4.25. The van der Waals surface area contributed by atoms with E-state index in [1.165, 1.54) is 23.0 Å². The van der Waals surface area contributed by atoms with Gasteiger partial charge in [0.2, 0.25) is 0 Å². The Labute approximate surface area is 217 Å². The van der Waals surface area contributed by atoms with Gasteiger partial charge in [0.25, 0.3) is 5.56 Å². The van der Waals surface area contributed by atoms with E-state index in [1.807, 2.05) is 45.0 Å². The standard InChI is InChI=1S/C27H27ClN2O5S/c1-6-34-20-12-11-18(28)13-17(20)14-22-25(31)30-24(19-9-7-8-10-21(19)35-15(2)3)23(26(32)33-5)16(4)29-27(30)36-22/h7-15,24H,6H2,1-5H3. The molecule has 1 unspecified atom stereocenters. The van der Waals surface area contributed by atoms with Gasteiger partial charge in [0, 0.05) is 16.1 Å². The summed E-state index contributed by atoms with van der Waals surface area (Å²) in [5.41, 5.74) is 1.83. The molecule has 0 radical (unpaired) electrons. The number of allylic oxidation sites excluding steroid dienone is 1. The van der Waals surface area contributed by atoms with Crippen LogP contribution in [0.25, 0.3) is 6.08 Å². The summed E-state index contributed by atoms with van der Waals surface area (Å²) in [6.45, 7) is 7.95. The first-order valence-corrected chi connectivity index (χ1v) is 12.7. The number of esters is 1. The van der Waals surface area contributed by atoms with Crippen molar-refractivity contribution in [2.24, 2.45) is 4.99 Å². The van der Waals surface area contributed by atoms with Gasteiger partial charge in [-0.3, -0.25) is 9.36 Å². The van der Waals surface area contributed by atoms with Gasteiger partial charge < -0.3 is 14.2 Å². The SMILES string of the molecule is CCOc1ccc(Cl)cc1C=c1sc2n(c1=O)C(c1ccccc1OC(C)C)C(C(=O)OC)=C(C)N=2. The molecule has 4 rings (SSSR count). The summed E-state index contributed by atoms with van der Waals surface area (Å²) in [4.78, 5) is 31.9. The summed E-state index contributed by atoms with van der Waals surface area (Å²) >= 11 is 7.46. The van der Waals surface area contributed by atoms with Gasteiger partial charge in [-0.2, -0.15) is 0 Å². The topological polar surface area (TPSA) is 79.1 Å². The normalized spacial score (nSPS) is 15.5. The van der Waals surface area contributed by atoms with Gasteiger partial charge in [0.1, 0.15) is 17.5 Å². The van der Waals surface area contributed by atoms with Gasteiger partial charge in [-0.15, -0.1) is 0 Å². The third kappa shape index (κ3) is 4.96. The van der Waals surface area contributed by atoms with E-state index >= 15 is 0 Å². The van der Waals surface area contributed by atoms with Crippen molar-refractivity contribution in [1.82, 2.24) is 4.57 Å². The predicted molar refractivity (Wildman–Crippen MR) is 141 cm³/mol. The van der Waals surface area contributed by atoms with Gasteiger partial charge in [-0.1, -0.05) is 41.1 Å². The third-order valence-corrected chi connectivity index (χ3v) is 6.78. The van der Waals surface area contributed by atoms with Crippen molar-refractivity contribution in [3.63, 3.8) is 0 Å². The van der Waals surface area contributed by atoms with Crippen LogP contribution in [0.1, 0.15) is 44.9 Å². The van der Waals surface area contributed by atoms with Crippen LogP contribution >= 0.6 is 22.9 Å². The highest BCUT2D eigenvalue weighted by Gasteiger charge is 2.35. The Kier molecular flexibility index (Phi) is 7.66. The summed E-state index contributed by atoms with van der Waals surface area (Å²) in [5.74, 6) is 0.645. The number of ether oxygens (including phenoxy) is 3. The lowest BCUT2D eigenvalue weighted by Gasteiger charge is -2.26. The van der Waals surface area contributed by atoms with E-state index in [0.717, 1.165) is 0 Å². The maximum Gasteiger partial charge on any atom is 0.338 e. The summed E-state index contributed by atoms with van der Waals surface area (Å²) in [7, 11) is 1.32. The number of hydrogen-bond donors (Lipinski definition) is 0. The molecule has 36 heavy (non-hydrogen) atoms. The van der Waals surface area contributed by atoms with Crippen LogP contribution in [0.3, 0.4) is 0 Å². The second-order valence-corrected chi connectivity index (χ2v) is 9.84. The molecule has 0 N–H and O–H groups in total. The lowest BCUT2D eigenvalue weighted by atomic mass is 9.95. The highest BCUT2D eigenvalue weighted by molar-refractivity contribution is 7.07. The Morgan fingerprint density at radius 3 is 2.67 bits per heavy atom. The molecule has 1 aromatic heterocycles. The lowest BCUT2D eigenvalue weighted by Crippen LogP contribution is -2.40. The highest BCUT2D eigenvalue weighted by Crippen LogP contribution is 2.36. The number of nitrogens with zero attached hydrogens (tertiary/aromatic N) is 2. The lowest BCUT2D eigenvalue weighted by molar-refractivity contribution is -0.136. The second kappa shape index (κ2) is 10.7. The van der Waals surface area contributed by atoms with Crippen LogP contribution in [0.5, 0.6) is 11.5 Å². The number of methoxy groups -OCH3 is 1. The number of carbonyl (C=O) groups excluding carboxylic acids is 1. The molecule has 2 heterocycles. The minimum absolute atomic E-state index is 0.103. The molecule has 0 fully saturated rings. The van der Waals surface area contributed by atoms with E-state index in [-0.39, 0.29) is 17.2 Å². The summed E-state index contributed by atoms with van der Waals surface area (Å²) in [6, 6.07) is 11.9. The third-order valence-electron chi connectivity index (χ3n) is 5.56. The molecule has 9 heteroatoms. The number of thiazole rings is 1. The van der Waals surface area contributed by atoms with Crippen LogP contribution in [-0.4, -0.2) is 30.4 Å². The molecule has 2 aromatic carbocycles. The Bertz CT molecular complexity index is 1520. The van der Waals surface area contributed by atoms with E-state index in [0.29, 0.717) is 49.3 Å². The average Bonchev–Trinajstić information content (AvgIpc) is 3.14. The quantitative estimate of drug-likeness (QED) is 0.430. The Morgan fingerprint density at radius 2 is 1.97 bits per heavy atom. The van der Waals surface area contributed by atoms with Crippen LogP contribution in [0.4, 0.5) is 0 Å². The van der Waals surface area contributed by atoms with Crippen LogP contribution < -0.4 is 24.4 Å². The van der Waals surface area contributed by atoms with Crippen LogP contribution in [0.15, 0.2) is 63.5 Å². The fraction of sp³-hybridized carbons (Fsp3) is 0.296. The molecule has 7 nitrogen and oxygen atoms in total. The first-order chi connectivity index (χ1) is 17.2. The molecule has 1 aliphatic rings. The molecular formula is C27H27ClN2O5S. The van der Waals surface area contributed by atoms with Gasteiger partial charge in [-0.05, 0) is 58.0 Å². The Balaban J connectivity index is 2.00. The van der Waals surface area contributed by atoms with Gasteiger partial charge in [0.15, 0.2) is 4.80 Å². The Morgan fingerprint density at radius 1 is 1.22 bits per heavy atom. The largest absolute Gasteiger partial charge is 0.493 e. The first kappa shape index (κ1) is 25.7. The summed E-state index contributed by atoms with van der Waals surface area (Å²) in [6.07, 6.45) is 1.64. The van der Waals surface area contributed by atoms with Crippen LogP contribution in [0, 0.1) is 0 Å². The number of fused-ring (bicyclic) bond motifs is 1. The van der Waals surface area contributed by atoms with E-state index in [4.69, 9.17) is 25.8 Å². The van der Waals surface area contributed by atoms with Gasteiger partial charge >= 0.3 is 5.97 Å². The molecule has 188 valence electrons. The van der Waals surface area contributed by atoms with Crippen molar-refractivity contribution < 1.29 is 19.0 Å². The molecule has 1 aliphatic heterocycles. The monoisotopic (exact) mass is 526 g/mol. The van der Waals surface area contributed by atoms with Crippen LogP contribution in [-0.2, 0) is 9.53 Å². The molecule has 0 saturated heterocycles. The number of carbonyl (C=O) groups is 1. The maximum atomic E-state index is 13.8. The molecule has 0 aliphatic carbocycles. The van der Waals surface area contributed by atoms with Crippen molar-refractivity contribution in [3.05, 3.63) is 89.6 Å². The van der Waals surface area contributed by atoms with Gasteiger partial charge in [-0.25, -0.2) is 9.79 Å². The van der Waals surface area contributed by atoms with Crippen molar-refractivity contribution in [2.45, 2.75) is 39.8 Å². The summed E-state index contributed by atoms with van der Waals surface area (Å²) < 4.78 is 18.8. The minimum atomic E-state index is -0.767. The average molecular weight is 527 g/mol. The smallest absolute Gasteiger partial charge is 0.338 e. The zero-order valence-corrected chi connectivity index (χ0v) is 22.3. The molecule has 0 bridgehead atoms. The van der Waals surface area contributed by atoms with Crippen LogP contribution in [0.2, 0.25) is 5.02 Å². The zero-order valence-electron chi connectivity index (χ0n) is 20.7. The number of benzene rings is 2. The number of halogens is 1. The van der Waals surface area contributed by atoms with E-state index in [2.05, 4.69) is 4.99 Å². The number of para-hydroxylation sites is 1. The number of hydrogen-bond acceptors (Lipinski definition) is 7. The van der Waals surface area contributed by atoms with E-state index in [9.17, 15) is 9.59 Å². The number of aromatic nitrogens is 1. The molecule has 3 aromatic rings. The molecule has 1 atom stereocenters. The first-order valence-electron chi connectivity index (χ1n) is 11.5. The van der Waals surface area contributed by atoms with Crippen molar-refractivity contribution in [3.8, 4) is 11.5 Å². The molecule has 0 amide bonds. The van der Waals surface area contributed by atoms with Crippen molar-refractivity contribution >= 4 is 35.0 Å². The fourth-order valence-electron chi connectivity index (χ4n) is 4.11. The summed E-state index contributed by atoms with van der Waals surface area (Å²) in [5, 5.41) is 0.527. The van der Waals surface area contributed by atoms with Gasteiger partial charge in [0.05, 0.1) is 35.6 Å². The molecular weight excluding hydrogens is 500 g/mol. The Hall–Kier alpha value is -3.36. The van der Waals surface area contributed by atoms with E-state index in [1.54, 1.807) is 31.2 Å². The highest BCUT2D eigenvalue weighted by atomic mass is 35.5. The fourth-order valence-corrected chi connectivity index (χ4v) is 5.33. The van der Waals surface area contributed by atoms with E-state index < -0.39 is 12.0 Å².